The molecule has 0 N–H and O–H groups in total. The predicted molar refractivity (Wildman–Crippen MR) is 50.7 cm³/mol. The summed E-state index contributed by atoms with van der Waals surface area (Å²) < 4.78 is 21.3. The minimum Gasteiger partial charge on any atom is -0.768 e. The molecule has 76 valence electrons. The van der Waals surface area contributed by atoms with Crippen molar-refractivity contribution < 1.29 is 77.8 Å². The monoisotopic (exact) mass is 342 g/mol. The third kappa shape index (κ3) is 5.06. The molecule has 0 aliphatic carbocycles. The van der Waals surface area contributed by atoms with Crippen LogP contribution in [0, 0.1) is 0 Å². The average molecular weight is 343 g/mol. The van der Waals surface area contributed by atoms with Crippen molar-refractivity contribution in [1.29, 1.82) is 0 Å². The van der Waals surface area contributed by atoms with Crippen LogP contribution < -0.4 is 64.2 Å². The quantitative estimate of drug-likeness (QED) is 0.397. The van der Waals surface area contributed by atoms with Crippen molar-refractivity contribution in [3.63, 3.8) is 0 Å². The minimum absolute atomic E-state index is 0. The van der Waals surface area contributed by atoms with E-state index in [2.05, 4.69) is 15.9 Å². The van der Waals surface area contributed by atoms with Crippen LogP contribution in [0.15, 0.2) is 21.5 Å². The molecule has 0 fully saturated rings. The molecule has 1 aromatic rings. The summed E-state index contributed by atoms with van der Waals surface area (Å²) in [6.45, 7) is 0. The van der Waals surface area contributed by atoms with Crippen molar-refractivity contribution in [2.24, 2.45) is 0 Å². The van der Waals surface area contributed by atoms with E-state index >= 15 is 0 Å². The Morgan fingerprint density at radius 2 is 1.88 bits per heavy atom. The van der Waals surface area contributed by atoms with Gasteiger partial charge in [-0.15, -0.1) is 0 Å². The van der Waals surface area contributed by atoms with Crippen LogP contribution in [0.3, 0.4) is 0 Å². The number of aromatic carboxylic acids is 1. The zero-order chi connectivity index (χ0) is 10.9. The molecule has 0 saturated heterocycles. The standard InChI is InChI=1S/C7H4BrClO4S.2Na/c8-5-2-3(14(12)13)1-4(6(5)9)7(10)11;;/h1-2H,(H,10,11)(H,12,13);;/q;2*+1/p-2. The van der Waals surface area contributed by atoms with Gasteiger partial charge in [0.2, 0.25) is 0 Å². The molecular weight excluding hydrogens is 341 g/mol. The molecule has 1 rings (SSSR count). The number of rotatable bonds is 2. The van der Waals surface area contributed by atoms with E-state index in [9.17, 15) is 18.7 Å². The molecule has 16 heavy (non-hydrogen) atoms. The first-order chi connectivity index (χ1) is 6.43. The van der Waals surface area contributed by atoms with Gasteiger partial charge in [0.05, 0.1) is 11.0 Å². The number of hydrogen-bond donors (Lipinski definition) is 0. The summed E-state index contributed by atoms with van der Waals surface area (Å²) in [5, 5.41) is 10.4. The number of carboxylic acids is 1. The third-order valence-corrected chi connectivity index (χ3v) is 3.30. The molecular formula is C7H2BrClNa2O4S. The van der Waals surface area contributed by atoms with E-state index in [0.717, 1.165) is 6.07 Å². The maximum Gasteiger partial charge on any atom is 1.00 e. The molecule has 1 aromatic carbocycles. The smallest absolute Gasteiger partial charge is 0.768 e. The summed E-state index contributed by atoms with van der Waals surface area (Å²) in [5.74, 6) is -1.52. The summed E-state index contributed by atoms with van der Waals surface area (Å²) >= 11 is 6.03. The van der Waals surface area contributed by atoms with Crippen molar-refractivity contribution in [2.45, 2.75) is 4.90 Å². The largest absolute Gasteiger partial charge is 1.00 e. The van der Waals surface area contributed by atoms with E-state index in [4.69, 9.17) is 11.6 Å². The Bertz CT molecular complexity index is 429. The van der Waals surface area contributed by atoms with E-state index in [0.29, 0.717) is 0 Å². The zero-order valence-corrected chi connectivity index (χ0v) is 15.6. The Morgan fingerprint density at radius 3 is 2.25 bits per heavy atom. The van der Waals surface area contributed by atoms with Crippen LogP contribution in [-0.4, -0.2) is 14.7 Å². The van der Waals surface area contributed by atoms with E-state index < -0.39 is 17.0 Å². The minimum atomic E-state index is -2.50. The van der Waals surface area contributed by atoms with Crippen LogP contribution in [-0.2, 0) is 11.1 Å². The van der Waals surface area contributed by atoms with Crippen LogP contribution in [0.2, 0.25) is 5.02 Å². The average Bonchev–Trinajstić information content (AvgIpc) is 2.08. The van der Waals surface area contributed by atoms with Crippen molar-refractivity contribution in [2.75, 3.05) is 0 Å². The molecule has 0 saturated carbocycles. The Kier molecular flexibility index (Phi) is 10.7. The van der Waals surface area contributed by atoms with Crippen LogP contribution in [0.1, 0.15) is 10.4 Å². The molecule has 1 atom stereocenters. The second-order valence-corrected chi connectivity index (χ2v) is 4.46. The molecule has 0 aliphatic heterocycles. The van der Waals surface area contributed by atoms with Gasteiger partial charge in [-0.1, -0.05) is 11.6 Å². The summed E-state index contributed by atoms with van der Waals surface area (Å²) in [6, 6.07) is 2.14. The van der Waals surface area contributed by atoms with Crippen molar-refractivity contribution >= 4 is 44.6 Å². The van der Waals surface area contributed by atoms with Gasteiger partial charge in [-0.25, -0.2) is 0 Å². The van der Waals surface area contributed by atoms with Gasteiger partial charge in [0.15, 0.2) is 0 Å². The molecule has 0 aliphatic rings. The second kappa shape index (κ2) is 8.63. The fourth-order valence-corrected chi connectivity index (χ4v) is 2.04. The number of hydrogen-bond acceptors (Lipinski definition) is 4. The Balaban J connectivity index is 0. The summed E-state index contributed by atoms with van der Waals surface area (Å²) in [6.07, 6.45) is 0. The van der Waals surface area contributed by atoms with E-state index in [1.165, 1.54) is 6.07 Å². The van der Waals surface area contributed by atoms with Gasteiger partial charge < -0.3 is 14.5 Å². The maximum atomic E-state index is 10.6. The number of halogens is 2. The van der Waals surface area contributed by atoms with Gasteiger partial charge in [-0.2, -0.15) is 0 Å². The zero-order valence-electron chi connectivity index (χ0n) is 8.45. The first-order valence-corrected chi connectivity index (χ1v) is 5.47. The summed E-state index contributed by atoms with van der Waals surface area (Å²) in [5.41, 5.74) is -0.361. The van der Waals surface area contributed by atoms with E-state index in [-0.39, 0.29) is 79.1 Å². The molecule has 9 heteroatoms. The fraction of sp³-hybridized carbons (Fsp3) is 0. The second-order valence-electron chi connectivity index (χ2n) is 2.29. The van der Waals surface area contributed by atoms with E-state index in [1.54, 1.807) is 0 Å². The first-order valence-electron chi connectivity index (χ1n) is 3.23. The fourth-order valence-electron chi connectivity index (χ4n) is 0.809. The molecule has 0 heterocycles. The van der Waals surface area contributed by atoms with Gasteiger partial charge in [-0.3, -0.25) is 4.21 Å². The van der Waals surface area contributed by atoms with Gasteiger partial charge in [0, 0.05) is 14.9 Å². The van der Waals surface area contributed by atoms with Gasteiger partial charge >= 0.3 is 59.1 Å². The van der Waals surface area contributed by atoms with Crippen LogP contribution in [0.5, 0.6) is 0 Å². The Morgan fingerprint density at radius 1 is 1.38 bits per heavy atom. The van der Waals surface area contributed by atoms with Crippen LogP contribution in [0.4, 0.5) is 0 Å². The molecule has 1 unspecified atom stereocenters. The van der Waals surface area contributed by atoms with Crippen molar-refractivity contribution in [3.05, 3.63) is 27.2 Å². The summed E-state index contributed by atoms with van der Waals surface area (Å²) in [4.78, 5) is 10.4. The van der Waals surface area contributed by atoms with Gasteiger partial charge in [-0.05, 0) is 39.1 Å². The van der Waals surface area contributed by atoms with Crippen LogP contribution >= 0.6 is 27.5 Å². The number of carbonyl (C=O) groups is 1. The topological polar surface area (TPSA) is 80.3 Å². The molecule has 4 nitrogen and oxygen atoms in total. The number of carbonyl (C=O) groups excluding carboxylic acids is 1. The molecule has 0 aromatic heterocycles. The molecule has 0 amide bonds. The Hall–Kier alpha value is 1.57. The van der Waals surface area contributed by atoms with Gasteiger partial charge in [0.1, 0.15) is 0 Å². The van der Waals surface area contributed by atoms with Crippen LogP contribution in [0.25, 0.3) is 0 Å². The van der Waals surface area contributed by atoms with Crippen molar-refractivity contribution in [3.8, 4) is 0 Å². The van der Waals surface area contributed by atoms with Gasteiger partial charge in [0.25, 0.3) is 0 Å². The van der Waals surface area contributed by atoms with E-state index in [1.807, 2.05) is 0 Å². The maximum absolute atomic E-state index is 10.6. The molecule has 0 spiro atoms. The first kappa shape index (κ1) is 19.9. The number of benzene rings is 1. The normalized spacial score (nSPS) is 10.9. The number of carboxylic acid groups (broad SMARTS) is 1. The molecule has 0 radical (unpaired) electrons. The Labute approximate surface area is 152 Å². The SMILES string of the molecule is O=C([O-])c1cc(S(=O)[O-])cc(Br)c1Cl.[Na+].[Na+]. The van der Waals surface area contributed by atoms with Crippen molar-refractivity contribution in [1.82, 2.24) is 0 Å². The third-order valence-electron chi connectivity index (χ3n) is 1.41. The molecule has 0 bridgehead atoms. The predicted octanol–water partition coefficient (Wildman–Crippen LogP) is -5.29. The summed E-state index contributed by atoms with van der Waals surface area (Å²) in [7, 11) is 0.